The summed E-state index contributed by atoms with van der Waals surface area (Å²) in [7, 11) is 0. The smallest absolute Gasteiger partial charge is 0.100 e. The molecule has 1 atom stereocenters. The van der Waals surface area contributed by atoms with Crippen LogP contribution in [0.5, 0.6) is 0 Å². The van der Waals surface area contributed by atoms with Crippen molar-refractivity contribution >= 4 is 11.3 Å². The van der Waals surface area contributed by atoms with Crippen molar-refractivity contribution in [3.63, 3.8) is 0 Å². The van der Waals surface area contributed by atoms with Gasteiger partial charge in [-0.15, -0.1) is 11.3 Å². The molecule has 0 aliphatic carbocycles. The molecule has 0 amide bonds. The van der Waals surface area contributed by atoms with Crippen LogP contribution in [0.2, 0.25) is 0 Å². The standard InChI is InChI=1S/C12H13NOS/c1-9(10-5-3-2-4-6-10)12-13-11(7-14)8-15-12/h2-6,8-9,14H,7H2,1H3. The van der Waals surface area contributed by atoms with E-state index in [9.17, 15) is 0 Å². The molecule has 0 fully saturated rings. The summed E-state index contributed by atoms with van der Waals surface area (Å²) in [5.74, 6) is 0.302. The molecule has 1 heterocycles. The molecule has 2 rings (SSSR count). The molecule has 0 bridgehead atoms. The van der Waals surface area contributed by atoms with E-state index in [0.29, 0.717) is 5.92 Å². The Bertz CT molecular complexity index is 424. The minimum absolute atomic E-state index is 0.0258. The maximum absolute atomic E-state index is 8.95. The van der Waals surface area contributed by atoms with Crippen LogP contribution in [-0.4, -0.2) is 10.1 Å². The van der Waals surface area contributed by atoms with Gasteiger partial charge in [-0.2, -0.15) is 0 Å². The van der Waals surface area contributed by atoms with Crippen LogP contribution in [0, 0.1) is 0 Å². The fraction of sp³-hybridized carbons (Fsp3) is 0.250. The third-order valence-corrected chi connectivity index (χ3v) is 3.48. The summed E-state index contributed by atoms with van der Waals surface area (Å²) < 4.78 is 0. The van der Waals surface area contributed by atoms with Gasteiger partial charge < -0.3 is 5.11 Å². The fourth-order valence-corrected chi connectivity index (χ4v) is 2.37. The van der Waals surface area contributed by atoms with Gasteiger partial charge in [0.1, 0.15) is 5.01 Å². The lowest BCUT2D eigenvalue weighted by molar-refractivity contribution is 0.277. The van der Waals surface area contributed by atoms with Crippen LogP contribution >= 0.6 is 11.3 Å². The van der Waals surface area contributed by atoms with E-state index in [1.807, 2.05) is 23.6 Å². The van der Waals surface area contributed by atoms with Crippen molar-refractivity contribution in [3.8, 4) is 0 Å². The Balaban J connectivity index is 2.24. The molecule has 0 aliphatic heterocycles. The first kappa shape index (κ1) is 10.3. The fourth-order valence-electron chi connectivity index (χ4n) is 1.48. The lowest BCUT2D eigenvalue weighted by Crippen LogP contribution is -1.95. The molecule has 0 aliphatic rings. The van der Waals surface area contributed by atoms with Crippen LogP contribution in [0.15, 0.2) is 35.7 Å². The van der Waals surface area contributed by atoms with Crippen LogP contribution in [0.4, 0.5) is 0 Å². The van der Waals surface area contributed by atoms with Crippen LogP contribution < -0.4 is 0 Å². The number of rotatable bonds is 3. The number of hydrogen-bond acceptors (Lipinski definition) is 3. The first-order chi connectivity index (χ1) is 7.31. The summed E-state index contributed by atoms with van der Waals surface area (Å²) >= 11 is 1.61. The van der Waals surface area contributed by atoms with E-state index < -0.39 is 0 Å². The Morgan fingerprint density at radius 2 is 2.07 bits per heavy atom. The van der Waals surface area contributed by atoms with Crippen molar-refractivity contribution in [3.05, 3.63) is 52.0 Å². The van der Waals surface area contributed by atoms with Crippen LogP contribution in [0.1, 0.15) is 29.1 Å². The number of hydrogen-bond donors (Lipinski definition) is 1. The SMILES string of the molecule is CC(c1ccccc1)c1nc(CO)cs1. The Hall–Kier alpha value is -1.19. The summed E-state index contributed by atoms with van der Waals surface area (Å²) in [5.41, 5.74) is 2.02. The third-order valence-electron chi connectivity index (χ3n) is 2.40. The van der Waals surface area contributed by atoms with Gasteiger partial charge in [0.15, 0.2) is 0 Å². The summed E-state index contributed by atoms with van der Waals surface area (Å²) in [6, 6.07) is 10.3. The molecule has 1 unspecified atom stereocenters. The van der Waals surface area contributed by atoms with Crippen molar-refractivity contribution in [1.82, 2.24) is 4.98 Å². The van der Waals surface area contributed by atoms with Crippen LogP contribution in [0.3, 0.4) is 0 Å². The Morgan fingerprint density at radius 3 is 2.67 bits per heavy atom. The number of aliphatic hydroxyl groups is 1. The quantitative estimate of drug-likeness (QED) is 0.861. The number of thiazole rings is 1. The van der Waals surface area contributed by atoms with Crippen molar-refractivity contribution in [1.29, 1.82) is 0 Å². The minimum Gasteiger partial charge on any atom is -0.390 e. The molecule has 78 valence electrons. The first-order valence-corrected chi connectivity index (χ1v) is 5.79. The maximum atomic E-state index is 8.95. The average molecular weight is 219 g/mol. The van der Waals surface area contributed by atoms with Crippen LogP contribution in [-0.2, 0) is 6.61 Å². The second-order valence-corrected chi connectivity index (χ2v) is 4.36. The zero-order chi connectivity index (χ0) is 10.7. The van der Waals surface area contributed by atoms with Gasteiger partial charge in [0.25, 0.3) is 0 Å². The molecule has 0 radical (unpaired) electrons. The highest BCUT2D eigenvalue weighted by atomic mass is 32.1. The number of benzene rings is 1. The van der Waals surface area contributed by atoms with Gasteiger partial charge in [0, 0.05) is 11.3 Å². The van der Waals surface area contributed by atoms with E-state index in [2.05, 4.69) is 24.0 Å². The Kier molecular flexibility index (Phi) is 3.14. The number of nitrogens with zero attached hydrogens (tertiary/aromatic N) is 1. The molecule has 0 saturated heterocycles. The molecule has 3 heteroatoms. The predicted molar refractivity (Wildman–Crippen MR) is 62.0 cm³/mol. The molecule has 2 aromatic rings. The molecule has 0 saturated carbocycles. The Morgan fingerprint density at radius 1 is 1.33 bits per heavy atom. The van der Waals surface area contributed by atoms with Gasteiger partial charge in [-0.1, -0.05) is 37.3 Å². The zero-order valence-corrected chi connectivity index (χ0v) is 9.37. The second-order valence-electron chi connectivity index (χ2n) is 3.47. The second kappa shape index (κ2) is 4.55. The number of aromatic nitrogens is 1. The summed E-state index contributed by atoms with van der Waals surface area (Å²) in [6.07, 6.45) is 0. The van der Waals surface area contributed by atoms with Gasteiger partial charge >= 0.3 is 0 Å². The van der Waals surface area contributed by atoms with Crippen LogP contribution in [0.25, 0.3) is 0 Å². The topological polar surface area (TPSA) is 33.1 Å². The normalized spacial score (nSPS) is 12.7. The van der Waals surface area contributed by atoms with E-state index in [-0.39, 0.29) is 6.61 Å². The maximum Gasteiger partial charge on any atom is 0.100 e. The molecule has 1 aromatic carbocycles. The highest BCUT2D eigenvalue weighted by Crippen LogP contribution is 2.26. The van der Waals surface area contributed by atoms with Gasteiger partial charge in [0.05, 0.1) is 12.3 Å². The minimum atomic E-state index is 0.0258. The largest absolute Gasteiger partial charge is 0.390 e. The summed E-state index contributed by atoms with van der Waals surface area (Å²) in [4.78, 5) is 4.37. The Labute approximate surface area is 93.2 Å². The van der Waals surface area contributed by atoms with Crippen molar-refractivity contribution in [2.45, 2.75) is 19.4 Å². The molecule has 0 spiro atoms. The van der Waals surface area contributed by atoms with Crippen molar-refractivity contribution in [2.75, 3.05) is 0 Å². The van der Waals surface area contributed by atoms with Crippen molar-refractivity contribution < 1.29 is 5.11 Å². The molecule has 15 heavy (non-hydrogen) atoms. The number of aliphatic hydroxyl groups excluding tert-OH is 1. The third kappa shape index (κ3) is 2.25. The monoisotopic (exact) mass is 219 g/mol. The lowest BCUT2D eigenvalue weighted by atomic mass is 10.0. The highest BCUT2D eigenvalue weighted by molar-refractivity contribution is 7.09. The van der Waals surface area contributed by atoms with Gasteiger partial charge in [-0.05, 0) is 5.56 Å². The molecule has 1 N–H and O–H groups in total. The average Bonchev–Trinajstić information content (AvgIpc) is 2.78. The van der Waals surface area contributed by atoms with E-state index in [1.54, 1.807) is 11.3 Å². The van der Waals surface area contributed by atoms with Gasteiger partial charge in [-0.25, -0.2) is 4.98 Å². The molecule has 2 nitrogen and oxygen atoms in total. The van der Waals surface area contributed by atoms with Gasteiger partial charge in [-0.3, -0.25) is 0 Å². The first-order valence-electron chi connectivity index (χ1n) is 4.91. The van der Waals surface area contributed by atoms with Gasteiger partial charge in [0.2, 0.25) is 0 Å². The summed E-state index contributed by atoms with van der Waals surface area (Å²) in [5, 5.41) is 11.9. The lowest BCUT2D eigenvalue weighted by Gasteiger charge is -2.07. The predicted octanol–water partition coefficient (Wildman–Crippen LogP) is 2.79. The summed E-state index contributed by atoms with van der Waals surface area (Å²) in [6.45, 7) is 2.16. The van der Waals surface area contributed by atoms with E-state index >= 15 is 0 Å². The highest BCUT2D eigenvalue weighted by Gasteiger charge is 2.11. The van der Waals surface area contributed by atoms with E-state index in [4.69, 9.17) is 5.11 Å². The van der Waals surface area contributed by atoms with E-state index in [0.717, 1.165) is 10.7 Å². The van der Waals surface area contributed by atoms with E-state index in [1.165, 1.54) is 5.56 Å². The molecular weight excluding hydrogens is 206 g/mol. The zero-order valence-electron chi connectivity index (χ0n) is 8.55. The van der Waals surface area contributed by atoms with Crippen molar-refractivity contribution in [2.24, 2.45) is 0 Å². The molecule has 1 aromatic heterocycles. The molecular formula is C12H13NOS.